The lowest BCUT2D eigenvalue weighted by Gasteiger charge is -2.21. The average Bonchev–Trinajstić information content (AvgIpc) is 2.69. The van der Waals surface area contributed by atoms with Crippen LogP contribution in [0.3, 0.4) is 0 Å². The van der Waals surface area contributed by atoms with Crippen molar-refractivity contribution in [1.29, 1.82) is 0 Å². The highest BCUT2D eigenvalue weighted by Gasteiger charge is 2.46. The van der Waals surface area contributed by atoms with Crippen LogP contribution in [0, 0.1) is 11.3 Å². The van der Waals surface area contributed by atoms with E-state index in [1.807, 2.05) is 6.92 Å². The highest BCUT2D eigenvalue weighted by Crippen LogP contribution is 2.53. The number of rotatable bonds is 4. The molecule has 0 aliphatic heterocycles. The van der Waals surface area contributed by atoms with Crippen LogP contribution in [0.5, 0.6) is 0 Å². The van der Waals surface area contributed by atoms with E-state index < -0.39 is 0 Å². The molecule has 1 aliphatic rings. The Morgan fingerprint density at radius 3 is 2.18 bits per heavy atom. The first-order valence-electron chi connectivity index (χ1n) is 4.79. The molecule has 0 saturated heterocycles. The lowest BCUT2D eigenvalue weighted by atomic mass is 9.88. The molecule has 2 unspecified atom stereocenters. The van der Waals surface area contributed by atoms with Gasteiger partial charge in [-0.15, -0.1) is 0 Å². The summed E-state index contributed by atoms with van der Waals surface area (Å²) in [5.74, 6) is 0.784. The van der Waals surface area contributed by atoms with Gasteiger partial charge < -0.3 is 5.11 Å². The molecular formula is C10H20O. The van der Waals surface area contributed by atoms with Crippen molar-refractivity contribution in [2.24, 2.45) is 11.3 Å². The van der Waals surface area contributed by atoms with E-state index >= 15 is 0 Å². The lowest BCUT2D eigenvalue weighted by Crippen LogP contribution is -2.20. The molecule has 1 heteroatoms. The standard InChI is InChI=1S/C10H20O/c1-4-8(2)7-10(5-6-10)9(3)11/h8-9,11H,4-7H2,1-3H3. The number of hydrogen-bond donors (Lipinski definition) is 1. The topological polar surface area (TPSA) is 20.2 Å². The molecule has 0 heterocycles. The number of aliphatic hydroxyl groups excluding tert-OH is 1. The molecule has 1 rings (SSSR count). The second-order valence-electron chi connectivity index (χ2n) is 4.26. The molecule has 1 N–H and O–H groups in total. The van der Waals surface area contributed by atoms with Gasteiger partial charge in [-0.25, -0.2) is 0 Å². The van der Waals surface area contributed by atoms with Crippen LogP contribution in [-0.4, -0.2) is 11.2 Å². The molecule has 0 amide bonds. The fourth-order valence-corrected chi connectivity index (χ4v) is 1.79. The predicted molar refractivity (Wildman–Crippen MR) is 47.4 cm³/mol. The van der Waals surface area contributed by atoms with Gasteiger partial charge in [0.2, 0.25) is 0 Å². The number of hydrogen-bond acceptors (Lipinski definition) is 1. The van der Waals surface area contributed by atoms with Crippen molar-refractivity contribution in [3.05, 3.63) is 0 Å². The van der Waals surface area contributed by atoms with Gasteiger partial charge in [0.1, 0.15) is 0 Å². The average molecular weight is 156 g/mol. The molecule has 1 saturated carbocycles. The Bertz CT molecular complexity index is 125. The van der Waals surface area contributed by atoms with Crippen molar-refractivity contribution in [3.63, 3.8) is 0 Å². The van der Waals surface area contributed by atoms with Gasteiger partial charge >= 0.3 is 0 Å². The van der Waals surface area contributed by atoms with Crippen LogP contribution in [0.15, 0.2) is 0 Å². The van der Waals surface area contributed by atoms with Crippen LogP contribution < -0.4 is 0 Å². The molecule has 11 heavy (non-hydrogen) atoms. The Kier molecular flexibility index (Phi) is 2.58. The minimum absolute atomic E-state index is 0.0866. The molecule has 0 spiro atoms. The number of aliphatic hydroxyl groups is 1. The van der Waals surface area contributed by atoms with E-state index in [0.717, 1.165) is 5.92 Å². The summed E-state index contributed by atoms with van der Waals surface area (Å²) in [6, 6.07) is 0. The third kappa shape index (κ3) is 1.96. The van der Waals surface area contributed by atoms with Crippen molar-refractivity contribution in [3.8, 4) is 0 Å². The van der Waals surface area contributed by atoms with Crippen molar-refractivity contribution in [1.82, 2.24) is 0 Å². The third-order valence-corrected chi connectivity index (χ3v) is 3.23. The Hall–Kier alpha value is -0.0400. The van der Waals surface area contributed by atoms with Crippen LogP contribution in [-0.2, 0) is 0 Å². The summed E-state index contributed by atoms with van der Waals surface area (Å²) in [7, 11) is 0. The van der Waals surface area contributed by atoms with Crippen molar-refractivity contribution in [2.45, 2.75) is 52.6 Å². The largest absolute Gasteiger partial charge is 0.393 e. The Labute approximate surface area is 69.8 Å². The summed E-state index contributed by atoms with van der Waals surface area (Å²) >= 11 is 0. The SMILES string of the molecule is CCC(C)CC1(C(C)O)CC1. The van der Waals surface area contributed by atoms with Crippen LogP contribution in [0.25, 0.3) is 0 Å². The van der Waals surface area contributed by atoms with Crippen LogP contribution >= 0.6 is 0 Å². The van der Waals surface area contributed by atoms with Gasteiger partial charge in [0.25, 0.3) is 0 Å². The zero-order valence-corrected chi connectivity index (χ0v) is 7.93. The van der Waals surface area contributed by atoms with Gasteiger partial charge in [-0.1, -0.05) is 20.3 Å². The summed E-state index contributed by atoms with van der Waals surface area (Å²) < 4.78 is 0. The van der Waals surface area contributed by atoms with E-state index in [1.54, 1.807) is 0 Å². The molecule has 0 aromatic rings. The summed E-state index contributed by atoms with van der Waals surface area (Å²) in [6.07, 6.45) is 4.87. The van der Waals surface area contributed by atoms with Gasteiger partial charge in [0.15, 0.2) is 0 Å². The van der Waals surface area contributed by atoms with E-state index in [9.17, 15) is 5.11 Å². The van der Waals surface area contributed by atoms with E-state index in [2.05, 4.69) is 13.8 Å². The van der Waals surface area contributed by atoms with E-state index in [1.165, 1.54) is 25.7 Å². The first kappa shape index (κ1) is 9.05. The molecule has 2 atom stereocenters. The summed E-state index contributed by atoms with van der Waals surface area (Å²) in [4.78, 5) is 0. The smallest absolute Gasteiger partial charge is 0.0568 e. The van der Waals surface area contributed by atoms with Gasteiger partial charge in [-0.3, -0.25) is 0 Å². The molecule has 66 valence electrons. The second-order valence-corrected chi connectivity index (χ2v) is 4.26. The van der Waals surface area contributed by atoms with Crippen LogP contribution in [0.2, 0.25) is 0 Å². The molecule has 0 radical (unpaired) electrons. The highest BCUT2D eigenvalue weighted by molar-refractivity contribution is 4.97. The van der Waals surface area contributed by atoms with E-state index in [0.29, 0.717) is 5.41 Å². The maximum Gasteiger partial charge on any atom is 0.0568 e. The lowest BCUT2D eigenvalue weighted by molar-refractivity contribution is 0.0935. The van der Waals surface area contributed by atoms with Gasteiger partial charge in [0, 0.05) is 0 Å². The van der Waals surface area contributed by atoms with Gasteiger partial charge in [0.05, 0.1) is 6.10 Å². The van der Waals surface area contributed by atoms with Crippen LogP contribution in [0.4, 0.5) is 0 Å². The van der Waals surface area contributed by atoms with E-state index in [4.69, 9.17) is 0 Å². The summed E-state index contributed by atoms with van der Waals surface area (Å²) in [5, 5.41) is 9.49. The van der Waals surface area contributed by atoms with Crippen molar-refractivity contribution >= 4 is 0 Å². The Morgan fingerprint density at radius 2 is 1.91 bits per heavy atom. The third-order valence-electron chi connectivity index (χ3n) is 3.23. The van der Waals surface area contributed by atoms with E-state index in [-0.39, 0.29) is 6.10 Å². The maximum absolute atomic E-state index is 9.49. The molecule has 1 aliphatic carbocycles. The second kappa shape index (κ2) is 3.14. The summed E-state index contributed by atoms with van der Waals surface area (Å²) in [5.41, 5.74) is 0.329. The predicted octanol–water partition coefficient (Wildman–Crippen LogP) is 2.58. The fourth-order valence-electron chi connectivity index (χ4n) is 1.79. The maximum atomic E-state index is 9.49. The highest BCUT2D eigenvalue weighted by atomic mass is 16.3. The Morgan fingerprint density at radius 1 is 1.36 bits per heavy atom. The quantitative estimate of drug-likeness (QED) is 0.663. The first-order valence-corrected chi connectivity index (χ1v) is 4.79. The van der Waals surface area contributed by atoms with Crippen molar-refractivity contribution < 1.29 is 5.11 Å². The van der Waals surface area contributed by atoms with Crippen LogP contribution in [0.1, 0.15) is 46.5 Å². The normalized spacial score (nSPS) is 26.2. The molecule has 0 bridgehead atoms. The minimum atomic E-state index is -0.0866. The molecule has 1 fully saturated rings. The van der Waals surface area contributed by atoms with Gasteiger partial charge in [-0.05, 0) is 37.5 Å². The van der Waals surface area contributed by atoms with Gasteiger partial charge in [-0.2, -0.15) is 0 Å². The zero-order valence-electron chi connectivity index (χ0n) is 7.93. The summed E-state index contributed by atoms with van der Waals surface area (Å²) in [6.45, 7) is 6.45. The molecule has 1 nitrogen and oxygen atoms in total. The molecule has 0 aromatic heterocycles. The van der Waals surface area contributed by atoms with Crippen molar-refractivity contribution in [2.75, 3.05) is 0 Å². The fraction of sp³-hybridized carbons (Fsp3) is 1.00. The minimum Gasteiger partial charge on any atom is -0.393 e. The Balaban J connectivity index is 2.35. The first-order chi connectivity index (χ1) is 5.10. The monoisotopic (exact) mass is 156 g/mol. The molecular weight excluding hydrogens is 136 g/mol. The zero-order chi connectivity index (χ0) is 8.48. The molecule has 0 aromatic carbocycles.